The molecule has 0 aromatic carbocycles. The second kappa shape index (κ2) is 7.66. The summed E-state index contributed by atoms with van der Waals surface area (Å²) in [5, 5.41) is 10.2. The first-order chi connectivity index (χ1) is 13.7. The number of aliphatic hydroxyl groups is 1. The molecule has 4 unspecified atom stereocenters. The van der Waals surface area contributed by atoms with E-state index in [1.807, 2.05) is 0 Å². The second-order valence-electron chi connectivity index (χ2n) is 11.4. The SMILES string of the molecule is COC(=O)CCC(C)[C@H]1CC[C@H]2[C@@H]3C(=O)C[C@H]4C[C@H](O)CCC4(C)C3CCC12C. The number of hydrogen-bond donors (Lipinski definition) is 1. The molecular weight excluding hydrogens is 364 g/mol. The lowest BCUT2D eigenvalue weighted by atomic mass is 9.44. The Balaban J connectivity index is 1.53. The van der Waals surface area contributed by atoms with Gasteiger partial charge in [0.15, 0.2) is 0 Å². The van der Waals surface area contributed by atoms with Gasteiger partial charge in [-0.2, -0.15) is 0 Å². The van der Waals surface area contributed by atoms with E-state index in [1.165, 1.54) is 26.4 Å². The van der Waals surface area contributed by atoms with Crippen molar-refractivity contribution >= 4 is 11.8 Å². The van der Waals surface area contributed by atoms with Crippen LogP contribution in [0.15, 0.2) is 0 Å². The summed E-state index contributed by atoms with van der Waals surface area (Å²) in [7, 11) is 1.47. The second-order valence-corrected chi connectivity index (χ2v) is 11.4. The van der Waals surface area contributed by atoms with Crippen LogP contribution in [0.3, 0.4) is 0 Å². The van der Waals surface area contributed by atoms with E-state index in [1.54, 1.807) is 0 Å². The number of aliphatic hydroxyl groups excluding tert-OH is 1. The summed E-state index contributed by atoms with van der Waals surface area (Å²) in [5.74, 6) is 3.08. The molecule has 29 heavy (non-hydrogen) atoms. The molecule has 0 aromatic heterocycles. The quantitative estimate of drug-likeness (QED) is 0.685. The van der Waals surface area contributed by atoms with Crippen LogP contribution in [-0.4, -0.2) is 30.1 Å². The van der Waals surface area contributed by atoms with Gasteiger partial charge in [0.2, 0.25) is 0 Å². The highest BCUT2D eigenvalue weighted by Crippen LogP contribution is 2.67. The van der Waals surface area contributed by atoms with E-state index in [-0.39, 0.29) is 28.8 Å². The Morgan fingerprint density at radius 1 is 1.14 bits per heavy atom. The third-order valence-corrected chi connectivity index (χ3v) is 10.2. The van der Waals surface area contributed by atoms with Gasteiger partial charge in [0.05, 0.1) is 13.2 Å². The van der Waals surface area contributed by atoms with E-state index in [4.69, 9.17) is 4.74 Å². The van der Waals surface area contributed by atoms with Gasteiger partial charge in [0, 0.05) is 18.8 Å². The number of carbonyl (C=O) groups excluding carboxylic acids is 2. The lowest BCUT2D eigenvalue weighted by Crippen LogP contribution is -2.57. The van der Waals surface area contributed by atoms with Crippen molar-refractivity contribution in [3.05, 3.63) is 0 Å². The molecule has 4 aliphatic rings. The number of carbonyl (C=O) groups is 2. The highest BCUT2D eigenvalue weighted by atomic mass is 16.5. The molecule has 0 radical (unpaired) electrons. The number of Topliss-reactive ketones (excluding diaryl/α,β-unsaturated/α-hetero) is 1. The summed E-state index contributed by atoms with van der Waals surface area (Å²) in [6.07, 6.45) is 9.40. The van der Waals surface area contributed by atoms with Crippen LogP contribution < -0.4 is 0 Å². The molecule has 0 amide bonds. The number of ether oxygens (including phenoxy) is 1. The Morgan fingerprint density at radius 3 is 2.55 bits per heavy atom. The van der Waals surface area contributed by atoms with Crippen LogP contribution in [0.4, 0.5) is 0 Å². The van der Waals surface area contributed by atoms with Gasteiger partial charge < -0.3 is 9.84 Å². The van der Waals surface area contributed by atoms with Gasteiger partial charge in [-0.3, -0.25) is 9.59 Å². The number of rotatable bonds is 4. The van der Waals surface area contributed by atoms with Crippen LogP contribution in [0.5, 0.6) is 0 Å². The summed E-state index contributed by atoms with van der Waals surface area (Å²) < 4.78 is 4.85. The lowest BCUT2D eigenvalue weighted by Gasteiger charge is -2.60. The summed E-state index contributed by atoms with van der Waals surface area (Å²) >= 11 is 0. The van der Waals surface area contributed by atoms with Gasteiger partial charge in [-0.25, -0.2) is 0 Å². The van der Waals surface area contributed by atoms with Gasteiger partial charge in [0.1, 0.15) is 5.78 Å². The van der Waals surface area contributed by atoms with Crippen LogP contribution in [-0.2, 0) is 14.3 Å². The average molecular weight is 405 g/mol. The van der Waals surface area contributed by atoms with E-state index in [9.17, 15) is 14.7 Å². The molecule has 4 saturated carbocycles. The van der Waals surface area contributed by atoms with Crippen LogP contribution in [0.2, 0.25) is 0 Å². The smallest absolute Gasteiger partial charge is 0.305 e. The maximum Gasteiger partial charge on any atom is 0.305 e. The number of ketones is 1. The Hall–Kier alpha value is -0.900. The minimum absolute atomic E-state index is 0.110. The van der Waals surface area contributed by atoms with Gasteiger partial charge in [-0.05, 0) is 91.8 Å². The van der Waals surface area contributed by atoms with Crippen molar-refractivity contribution < 1.29 is 19.4 Å². The zero-order chi connectivity index (χ0) is 21.0. The van der Waals surface area contributed by atoms with Crippen LogP contribution in [0, 0.1) is 46.3 Å². The minimum Gasteiger partial charge on any atom is -0.469 e. The summed E-state index contributed by atoms with van der Waals surface area (Å²) in [6, 6.07) is 0. The van der Waals surface area contributed by atoms with E-state index in [0.717, 1.165) is 32.1 Å². The van der Waals surface area contributed by atoms with E-state index in [0.29, 0.717) is 48.2 Å². The van der Waals surface area contributed by atoms with Crippen molar-refractivity contribution in [2.75, 3.05) is 7.11 Å². The molecule has 1 N–H and O–H groups in total. The van der Waals surface area contributed by atoms with Crippen molar-refractivity contribution in [3.8, 4) is 0 Å². The fourth-order valence-corrected chi connectivity index (χ4v) is 8.53. The van der Waals surface area contributed by atoms with Crippen LogP contribution in [0.25, 0.3) is 0 Å². The minimum atomic E-state index is -0.210. The summed E-state index contributed by atoms with van der Waals surface area (Å²) in [5.41, 5.74) is 0.456. The molecule has 164 valence electrons. The third-order valence-electron chi connectivity index (χ3n) is 10.2. The maximum atomic E-state index is 13.4. The standard InChI is InChI=1S/C25H40O4/c1-15(5-8-22(28)29-4)18-6-7-19-23-20(10-12-25(18,19)3)24(2)11-9-17(26)13-16(24)14-21(23)27/h15-20,23,26H,5-14H2,1-4H3/t15?,16-,17-,18-,19+,20?,23+,24?,25?/m1/s1. The van der Waals surface area contributed by atoms with Crippen molar-refractivity contribution in [1.29, 1.82) is 0 Å². The molecule has 4 rings (SSSR count). The maximum absolute atomic E-state index is 13.4. The lowest BCUT2D eigenvalue weighted by molar-refractivity contribution is -0.160. The Morgan fingerprint density at radius 2 is 1.83 bits per heavy atom. The molecule has 9 atom stereocenters. The summed E-state index contributed by atoms with van der Waals surface area (Å²) in [4.78, 5) is 25.0. The van der Waals surface area contributed by atoms with E-state index < -0.39 is 0 Å². The van der Waals surface area contributed by atoms with Crippen LogP contribution >= 0.6 is 0 Å². The molecule has 0 bridgehead atoms. The molecule has 0 heterocycles. The molecule has 4 heteroatoms. The molecule has 0 aromatic rings. The monoisotopic (exact) mass is 404 g/mol. The number of fused-ring (bicyclic) bond motifs is 5. The first kappa shape index (κ1) is 21.3. The normalized spacial score (nSPS) is 47.7. The zero-order valence-electron chi connectivity index (χ0n) is 18.8. The average Bonchev–Trinajstić information content (AvgIpc) is 3.04. The summed E-state index contributed by atoms with van der Waals surface area (Å²) in [6.45, 7) is 7.18. The van der Waals surface area contributed by atoms with Crippen molar-refractivity contribution in [2.24, 2.45) is 46.3 Å². The van der Waals surface area contributed by atoms with Crippen molar-refractivity contribution in [2.45, 2.75) is 91.1 Å². The highest BCUT2D eigenvalue weighted by molar-refractivity contribution is 5.83. The van der Waals surface area contributed by atoms with Crippen molar-refractivity contribution in [1.82, 2.24) is 0 Å². The zero-order valence-corrected chi connectivity index (χ0v) is 18.8. The molecule has 0 aliphatic heterocycles. The number of hydrogen-bond acceptors (Lipinski definition) is 4. The molecule has 4 fully saturated rings. The van der Waals surface area contributed by atoms with Gasteiger partial charge in [0.25, 0.3) is 0 Å². The van der Waals surface area contributed by atoms with Gasteiger partial charge >= 0.3 is 5.97 Å². The molecule has 4 nitrogen and oxygen atoms in total. The number of methoxy groups -OCH3 is 1. The Labute approximate surface area is 176 Å². The predicted octanol–water partition coefficient (Wildman–Crippen LogP) is 4.77. The molecule has 0 saturated heterocycles. The Kier molecular flexibility index (Phi) is 5.63. The predicted molar refractivity (Wildman–Crippen MR) is 112 cm³/mol. The largest absolute Gasteiger partial charge is 0.469 e. The molecule has 0 spiro atoms. The van der Waals surface area contributed by atoms with Gasteiger partial charge in [-0.1, -0.05) is 20.8 Å². The number of esters is 1. The molecule has 4 aliphatic carbocycles. The third kappa shape index (κ3) is 3.38. The van der Waals surface area contributed by atoms with Crippen molar-refractivity contribution in [3.63, 3.8) is 0 Å². The Bertz CT molecular complexity index is 659. The fourth-order valence-electron chi connectivity index (χ4n) is 8.53. The fraction of sp³-hybridized carbons (Fsp3) is 0.920. The highest BCUT2D eigenvalue weighted by Gasteiger charge is 2.62. The molecular formula is C25H40O4. The van der Waals surface area contributed by atoms with E-state index in [2.05, 4.69) is 20.8 Å². The van der Waals surface area contributed by atoms with E-state index >= 15 is 0 Å². The first-order valence-electron chi connectivity index (χ1n) is 12.0. The van der Waals surface area contributed by atoms with Gasteiger partial charge in [-0.15, -0.1) is 0 Å². The van der Waals surface area contributed by atoms with Crippen LogP contribution in [0.1, 0.15) is 85.0 Å². The first-order valence-corrected chi connectivity index (χ1v) is 12.0. The topological polar surface area (TPSA) is 63.6 Å².